The Morgan fingerprint density at radius 2 is 1.92 bits per heavy atom. The van der Waals surface area contributed by atoms with E-state index in [1.54, 1.807) is 24.3 Å². The van der Waals surface area contributed by atoms with Crippen LogP contribution in [0.3, 0.4) is 0 Å². The van der Waals surface area contributed by atoms with E-state index >= 15 is 0 Å². The molecule has 7 nitrogen and oxygen atoms in total. The molecule has 2 aromatic rings. The zero-order valence-corrected chi connectivity index (χ0v) is 16.3. The number of nitrogens with zero attached hydrogens (tertiary/aromatic N) is 2. The summed E-state index contributed by atoms with van der Waals surface area (Å²) in [6, 6.07) is 3.50. The third-order valence-corrected chi connectivity index (χ3v) is 5.04. The molecule has 0 atom stereocenters. The summed E-state index contributed by atoms with van der Waals surface area (Å²) in [5, 5.41) is 11.0. The molecule has 1 aromatic carbocycles. The summed E-state index contributed by atoms with van der Waals surface area (Å²) in [6.45, 7) is 3.65. The van der Waals surface area contributed by atoms with Gasteiger partial charge in [-0.1, -0.05) is 29.2 Å². The van der Waals surface area contributed by atoms with E-state index < -0.39 is 0 Å². The number of benzene rings is 1. The summed E-state index contributed by atoms with van der Waals surface area (Å²) in [6.07, 6.45) is 4.83. The molecule has 0 saturated heterocycles. The van der Waals surface area contributed by atoms with Gasteiger partial charge in [-0.2, -0.15) is 0 Å². The van der Waals surface area contributed by atoms with Crippen LogP contribution in [-0.4, -0.2) is 43.2 Å². The lowest BCUT2D eigenvalue weighted by atomic mass is 10.1. The molecule has 138 valence electrons. The maximum atomic E-state index is 12.1. The van der Waals surface area contributed by atoms with Crippen molar-refractivity contribution in [3.63, 3.8) is 0 Å². The summed E-state index contributed by atoms with van der Waals surface area (Å²) in [7, 11) is 4.61. The molecule has 0 bridgehead atoms. The van der Waals surface area contributed by atoms with Gasteiger partial charge in [0, 0.05) is 11.8 Å². The number of anilines is 1. The average Bonchev–Trinajstić information content (AvgIpc) is 3.10. The normalized spacial score (nSPS) is 10.6. The molecular weight excluding hydrogens is 374 g/mol. The van der Waals surface area contributed by atoms with Crippen LogP contribution in [0.25, 0.3) is 6.08 Å². The fraction of sp³-hybridized carbons (Fsp3) is 0.235. The van der Waals surface area contributed by atoms with Crippen LogP contribution in [0.15, 0.2) is 35.2 Å². The quantitative estimate of drug-likeness (QED) is 0.302. The second-order valence-electron chi connectivity index (χ2n) is 4.75. The van der Waals surface area contributed by atoms with Crippen molar-refractivity contribution in [1.82, 2.24) is 10.2 Å². The lowest BCUT2D eigenvalue weighted by molar-refractivity contribution is -0.111. The molecule has 0 radical (unpaired) electrons. The van der Waals surface area contributed by atoms with Gasteiger partial charge in [0.2, 0.25) is 16.8 Å². The Bertz CT molecular complexity index is 780. The van der Waals surface area contributed by atoms with E-state index in [2.05, 4.69) is 22.1 Å². The minimum absolute atomic E-state index is 0.310. The van der Waals surface area contributed by atoms with E-state index in [-0.39, 0.29) is 5.91 Å². The fourth-order valence-electron chi connectivity index (χ4n) is 1.97. The predicted molar refractivity (Wildman–Crippen MR) is 105 cm³/mol. The number of aromatic nitrogens is 2. The van der Waals surface area contributed by atoms with Crippen molar-refractivity contribution >= 4 is 40.2 Å². The van der Waals surface area contributed by atoms with Gasteiger partial charge in [0.25, 0.3) is 0 Å². The first-order valence-electron chi connectivity index (χ1n) is 7.47. The fourth-order valence-corrected chi connectivity index (χ4v) is 3.48. The minimum Gasteiger partial charge on any atom is -0.493 e. The number of hydrogen-bond donors (Lipinski definition) is 1. The van der Waals surface area contributed by atoms with Gasteiger partial charge < -0.3 is 14.2 Å². The number of rotatable bonds is 9. The van der Waals surface area contributed by atoms with Crippen LogP contribution < -0.4 is 19.5 Å². The molecule has 1 heterocycles. The van der Waals surface area contributed by atoms with Gasteiger partial charge in [-0.05, 0) is 23.8 Å². The predicted octanol–water partition coefficient (Wildman–Crippen LogP) is 3.49. The van der Waals surface area contributed by atoms with Crippen molar-refractivity contribution < 1.29 is 19.0 Å². The van der Waals surface area contributed by atoms with E-state index in [0.29, 0.717) is 22.4 Å². The van der Waals surface area contributed by atoms with Crippen LogP contribution >= 0.6 is 23.1 Å². The van der Waals surface area contributed by atoms with Crippen molar-refractivity contribution in [3.8, 4) is 17.2 Å². The second kappa shape index (κ2) is 9.83. The van der Waals surface area contributed by atoms with Crippen molar-refractivity contribution in [2.45, 2.75) is 4.34 Å². The Morgan fingerprint density at radius 1 is 1.23 bits per heavy atom. The molecule has 0 spiro atoms. The maximum Gasteiger partial charge on any atom is 0.250 e. The van der Waals surface area contributed by atoms with Crippen molar-refractivity contribution in [3.05, 3.63) is 36.4 Å². The highest BCUT2D eigenvalue weighted by atomic mass is 32.2. The third kappa shape index (κ3) is 5.24. The molecule has 26 heavy (non-hydrogen) atoms. The van der Waals surface area contributed by atoms with E-state index in [1.165, 1.54) is 50.5 Å². The molecule has 1 N–H and O–H groups in total. The monoisotopic (exact) mass is 393 g/mol. The maximum absolute atomic E-state index is 12.1. The summed E-state index contributed by atoms with van der Waals surface area (Å²) >= 11 is 2.82. The standard InChI is InChI=1S/C17H19N3O4S2/c1-5-8-25-17-20-19-16(26-17)18-14(21)7-6-11-9-12(22-2)15(24-4)13(10-11)23-3/h5-7,9-10H,1,8H2,2-4H3,(H,18,19,21)/b7-6+. The topological polar surface area (TPSA) is 82.6 Å². The smallest absolute Gasteiger partial charge is 0.250 e. The highest BCUT2D eigenvalue weighted by Crippen LogP contribution is 2.38. The Labute approximate surface area is 160 Å². The Hall–Kier alpha value is -2.52. The number of carbonyl (C=O) groups is 1. The van der Waals surface area contributed by atoms with Crippen LogP contribution in [0.5, 0.6) is 17.2 Å². The first-order valence-corrected chi connectivity index (χ1v) is 9.27. The number of thioether (sulfide) groups is 1. The first-order chi connectivity index (χ1) is 12.6. The molecule has 0 fully saturated rings. The van der Waals surface area contributed by atoms with E-state index in [4.69, 9.17) is 14.2 Å². The lowest BCUT2D eigenvalue weighted by Crippen LogP contribution is -2.07. The number of carbonyl (C=O) groups excluding carboxylic acids is 1. The van der Waals surface area contributed by atoms with E-state index in [9.17, 15) is 4.79 Å². The zero-order chi connectivity index (χ0) is 18.9. The van der Waals surface area contributed by atoms with Crippen LogP contribution in [0.2, 0.25) is 0 Å². The summed E-state index contributed by atoms with van der Waals surface area (Å²) in [5.74, 6) is 1.95. The van der Waals surface area contributed by atoms with Crippen molar-refractivity contribution in [2.75, 3.05) is 32.4 Å². The van der Waals surface area contributed by atoms with Crippen LogP contribution in [0, 0.1) is 0 Å². The molecule has 0 aliphatic heterocycles. The van der Waals surface area contributed by atoms with Gasteiger partial charge in [-0.15, -0.1) is 16.8 Å². The number of nitrogens with one attached hydrogen (secondary N) is 1. The largest absolute Gasteiger partial charge is 0.493 e. The molecule has 1 amide bonds. The number of hydrogen-bond acceptors (Lipinski definition) is 8. The van der Waals surface area contributed by atoms with Gasteiger partial charge in [0.15, 0.2) is 15.8 Å². The molecule has 9 heteroatoms. The van der Waals surface area contributed by atoms with Gasteiger partial charge in [-0.3, -0.25) is 10.1 Å². The average molecular weight is 393 g/mol. The minimum atomic E-state index is -0.310. The molecule has 1 aromatic heterocycles. The van der Waals surface area contributed by atoms with Crippen LogP contribution in [0.4, 0.5) is 5.13 Å². The van der Waals surface area contributed by atoms with Gasteiger partial charge in [0.1, 0.15) is 0 Å². The molecule has 0 aliphatic carbocycles. The highest BCUT2D eigenvalue weighted by molar-refractivity contribution is 8.01. The Morgan fingerprint density at radius 3 is 2.50 bits per heavy atom. The van der Waals surface area contributed by atoms with Crippen LogP contribution in [0.1, 0.15) is 5.56 Å². The number of amides is 1. The van der Waals surface area contributed by atoms with Crippen LogP contribution in [-0.2, 0) is 4.79 Å². The SMILES string of the molecule is C=CCSc1nnc(NC(=O)/C=C/c2cc(OC)c(OC)c(OC)c2)s1. The van der Waals surface area contributed by atoms with Gasteiger partial charge >= 0.3 is 0 Å². The van der Waals surface area contributed by atoms with Gasteiger partial charge in [0.05, 0.1) is 21.3 Å². The summed E-state index contributed by atoms with van der Waals surface area (Å²) in [4.78, 5) is 12.1. The van der Waals surface area contributed by atoms with E-state index in [0.717, 1.165) is 15.7 Å². The van der Waals surface area contributed by atoms with E-state index in [1.807, 2.05) is 0 Å². The van der Waals surface area contributed by atoms with Crippen molar-refractivity contribution in [2.24, 2.45) is 0 Å². The molecule has 0 aliphatic rings. The lowest BCUT2D eigenvalue weighted by Gasteiger charge is -2.12. The Balaban J connectivity index is 2.07. The number of methoxy groups -OCH3 is 3. The zero-order valence-electron chi connectivity index (χ0n) is 14.6. The molecule has 2 rings (SSSR count). The number of ether oxygens (including phenoxy) is 3. The second-order valence-corrected chi connectivity index (χ2v) is 7.00. The molecule has 0 saturated carbocycles. The van der Waals surface area contributed by atoms with Gasteiger partial charge in [-0.25, -0.2) is 0 Å². The molecule has 0 unspecified atom stereocenters. The molecular formula is C17H19N3O4S2. The summed E-state index contributed by atoms with van der Waals surface area (Å²) < 4.78 is 16.6. The Kier molecular flexibility index (Phi) is 7.49. The highest BCUT2D eigenvalue weighted by Gasteiger charge is 2.12. The summed E-state index contributed by atoms with van der Waals surface area (Å²) in [5.41, 5.74) is 0.731. The van der Waals surface area contributed by atoms with Crippen molar-refractivity contribution in [1.29, 1.82) is 0 Å². The third-order valence-electron chi connectivity index (χ3n) is 3.08. The first kappa shape index (κ1) is 19.8.